The highest BCUT2D eigenvalue weighted by Crippen LogP contribution is 2.39. The molecule has 0 radical (unpaired) electrons. The molecule has 4 rings (SSSR count). The lowest BCUT2D eigenvalue weighted by Crippen LogP contribution is -2.19. The zero-order valence-electron chi connectivity index (χ0n) is 16.9. The van der Waals surface area contributed by atoms with Gasteiger partial charge in [-0.25, -0.2) is 0 Å². The van der Waals surface area contributed by atoms with Crippen LogP contribution in [0.1, 0.15) is 48.4 Å². The second-order valence-corrected chi connectivity index (χ2v) is 7.75. The van der Waals surface area contributed by atoms with Crippen LogP contribution in [0, 0.1) is 0 Å². The third-order valence-electron chi connectivity index (χ3n) is 5.38. The number of hydrogen-bond acceptors (Lipinski definition) is 4. The van der Waals surface area contributed by atoms with Crippen molar-refractivity contribution in [3.63, 3.8) is 0 Å². The molecule has 6 heteroatoms. The molecule has 1 saturated carbocycles. The number of aromatic nitrogens is 3. The summed E-state index contributed by atoms with van der Waals surface area (Å²) in [6.45, 7) is 5.39. The summed E-state index contributed by atoms with van der Waals surface area (Å²) in [5.74, 6) is 0.627. The van der Waals surface area contributed by atoms with Gasteiger partial charge in [-0.1, -0.05) is 30.8 Å². The number of carbonyl (C=O) groups excluding carboxylic acids is 2. The van der Waals surface area contributed by atoms with Gasteiger partial charge in [-0.15, -0.1) is 0 Å². The molecule has 0 bridgehead atoms. The average Bonchev–Trinajstić information content (AvgIpc) is 3.52. The van der Waals surface area contributed by atoms with Gasteiger partial charge < -0.3 is 5.32 Å². The summed E-state index contributed by atoms with van der Waals surface area (Å²) in [5.41, 5.74) is 4.67. The summed E-state index contributed by atoms with van der Waals surface area (Å²) in [4.78, 5) is 28.6. The first-order valence-electron chi connectivity index (χ1n) is 10.1. The van der Waals surface area contributed by atoms with Crippen molar-refractivity contribution in [1.82, 2.24) is 15.2 Å². The van der Waals surface area contributed by atoms with Crippen molar-refractivity contribution in [2.75, 3.05) is 5.32 Å². The number of aromatic amines is 1. The molecule has 1 fully saturated rings. The largest absolute Gasteiger partial charge is 0.309 e. The quantitative estimate of drug-likeness (QED) is 0.549. The topological polar surface area (TPSA) is 87.7 Å². The Morgan fingerprint density at radius 2 is 2.07 bits per heavy atom. The fourth-order valence-corrected chi connectivity index (χ4v) is 3.39. The summed E-state index contributed by atoms with van der Waals surface area (Å²) in [6, 6.07) is 11.7. The maximum absolute atomic E-state index is 12.7. The van der Waals surface area contributed by atoms with E-state index in [-0.39, 0.29) is 24.0 Å². The number of anilines is 1. The maximum Gasteiger partial charge on any atom is 0.232 e. The lowest BCUT2D eigenvalue weighted by atomic mass is 9.95. The molecule has 1 atom stereocenters. The minimum atomic E-state index is -0.343. The molecule has 6 nitrogen and oxygen atoms in total. The predicted octanol–water partition coefficient (Wildman–Crippen LogP) is 4.39. The highest BCUT2D eigenvalue weighted by molar-refractivity contribution is 5.95. The van der Waals surface area contributed by atoms with E-state index in [4.69, 9.17) is 0 Å². The van der Waals surface area contributed by atoms with Crippen LogP contribution in [0.15, 0.2) is 61.4 Å². The van der Waals surface area contributed by atoms with Crippen LogP contribution < -0.4 is 5.32 Å². The highest BCUT2D eigenvalue weighted by atomic mass is 16.2. The number of amides is 1. The van der Waals surface area contributed by atoms with E-state index in [2.05, 4.69) is 27.1 Å². The second kappa shape index (κ2) is 8.45. The molecule has 1 aliphatic rings. The minimum absolute atomic E-state index is 0.0452. The standard InChI is InChI=1S/C24H24N4O2/c1-3-21(29)10-16-9-20(14-25-13-16)19-6-4-5-18(11-19)15(2)24(30)26-23-12-22(27-28-23)17-7-8-17/h3-6,9,11-15,17H,1,7-8,10H2,2H3,(H2,26,27,28,30). The first kappa shape index (κ1) is 19.8. The molecule has 1 unspecified atom stereocenters. The Hall–Kier alpha value is -3.54. The first-order chi connectivity index (χ1) is 14.5. The molecule has 3 aromatic rings. The van der Waals surface area contributed by atoms with Crippen molar-refractivity contribution >= 4 is 17.5 Å². The molecular formula is C24H24N4O2. The number of benzene rings is 1. The van der Waals surface area contributed by atoms with Crippen molar-refractivity contribution in [3.05, 3.63) is 78.3 Å². The van der Waals surface area contributed by atoms with E-state index in [1.165, 1.54) is 18.9 Å². The van der Waals surface area contributed by atoms with E-state index in [1.54, 1.807) is 12.4 Å². The normalized spacial score (nSPS) is 14.2. The zero-order chi connectivity index (χ0) is 21.1. The summed E-state index contributed by atoms with van der Waals surface area (Å²) >= 11 is 0. The van der Waals surface area contributed by atoms with E-state index in [1.807, 2.05) is 43.3 Å². The van der Waals surface area contributed by atoms with Crippen LogP contribution in [-0.2, 0) is 16.0 Å². The smallest absolute Gasteiger partial charge is 0.232 e. The molecule has 1 aromatic carbocycles. The van der Waals surface area contributed by atoms with Gasteiger partial charge in [-0.3, -0.25) is 19.7 Å². The molecule has 0 spiro atoms. The van der Waals surface area contributed by atoms with Crippen molar-refractivity contribution in [3.8, 4) is 11.1 Å². The van der Waals surface area contributed by atoms with E-state index >= 15 is 0 Å². The van der Waals surface area contributed by atoms with Crippen molar-refractivity contribution in [2.45, 2.75) is 38.0 Å². The summed E-state index contributed by atoms with van der Waals surface area (Å²) in [6.07, 6.45) is 7.39. The average molecular weight is 400 g/mol. The lowest BCUT2D eigenvalue weighted by molar-refractivity contribution is -0.117. The number of ketones is 1. The van der Waals surface area contributed by atoms with Crippen molar-refractivity contribution in [2.24, 2.45) is 0 Å². The Balaban J connectivity index is 1.49. The maximum atomic E-state index is 12.7. The van der Waals surface area contributed by atoms with Crippen LogP contribution in [0.4, 0.5) is 5.82 Å². The van der Waals surface area contributed by atoms with Crippen molar-refractivity contribution in [1.29, 1.82) is 0 Å². The number of rotatable bonds is 8. The molecule has 0 aliphatic heterocycles. The fraction of sp³-hybridized carbons (Fsp3) is 0.250. The summed E-state index contributed by atoms with van der Waals surface area (Å²) in [5, 5.41) is 10.1. The van der Waals surface area contributed by atoms with E-state index < -0.39 is 0 Å². The Labute approximate surface area is 175 Å². The number of H-pyrrole nitrogens is 1. The van der Waals surface area contributed by atoms with Crippen LogP contribution in [0.3, 0.4) is 0 Å². The Kier molecular flexibility index (Phi) is 5.57. The molecule has 1 amide bonds. The van der Waals surface area contributed by atoms with E-state index in [0.717, 1.165) is 27.9 Å². The van der Waals surface area contributed by atoms with Crippen molar-refractivity contribution < 1.29 is 9.59 Å². The Morgan fingerprint density at radius 1 is 1.23 bits per heavy atom. The molecule has 1 aliphatic carbocycles. The molecular weight excluding hydrogens is 376 g/mol. The Morgan fingerprint density at radius 3 is 2.83 bits per heavy atom. The molecule has 2 N–H and O–H groups in total. The van der Waals surface area contributed by atoms with Crippen LogP contribution in [0.5, 0.6) is 0 Å². The molecule has 30 heavy (non-hydrogen) atoms. The lowest BCUT2D eigenvalue weighted by Gasteiger charge is -2.13. The van der Waals surface area contributed by atoms with E-state index in [0.29, 0.717) is 11.7 Å². The molecule has 152 valence electrons. The van der Waals surface area contributed by atoms with Gasteiger partial charge in [0.15, 0.2) is 11.6 Å². The van der Waals surface area contributed by atoms with Gasteiger partial charge in [0.2, 0.25) is 5.91 Å². The third kappa shape index (κ3) is 4.54. The first-order valence-corrected chi connectivity index (χ1v) is 10.1. The van der Waals surface area contributed by atoms with Crippen LogP contribution in [-0.4, -0.2) is 26.9 Å². The highest BCUT2D eigenvalue weighted by Gasteiger charge is 2.26. The van der Waals surface area contributed by atoms with Gasteiger partial charge >= 0.3 is 0 Å². The summed E-state index contributed by atoms with van der Waals surface area (Å²) < 4.78 is 0. The van der Waals surface area contributed by atoms with Gasteiger partial charge in [0.25, 0.3) is 0 Å². The number of nitrogens with zero attached hydrogens (tertiary/aromatic N) is 2. The Bertz CT molecular complexity index is 1100. The number of carbonyl (C=O) groups is 2. The third-order valence-corrected chi connectivity index (χ3v) is 5.38. The van der Waals surface area contributed by atoms with Crippen LogP contribution in [0.2, 0.25) is 0 Å². The van der Waals surface area contributed by atoms with Crippen LogP contribution in [0.25, 0.3) is 11.1 Å². The molecule has 0 saturated heterocycles. The molecule has 2 heterocycles. The second-order valence-electron chi connectivity index (χ2n) is 7.75. The van der Waals surface area contributed by atoms with Gasteiger partial charge in [-0.2, -0.15) is 5.10 Å². The number of nitrogens with one attached hydrogen (secondary N) is 2. The number of allylic oxidation sites excluding steroid dienone is 1. The van der Waals surface area contributed by atoms with Gasteiger partial charge in [0, 0.05) is 42.1 Å². The van der Waals surface area contributed by atoms with Crippen LogP contribution >= 0.6 is 0 Å². The number of pyridine rings is 1. The number of hydrogen-bond donors (Lipinski definition) is 2. The SMILES string of the molecule is C=CC(=O)Cc1cncc(-c2cccc(C(C)C(=O)Nc3cc(C4CC4)[nH]n3)c2)c1. The zero-order valence-corrected chi connectivity index (χ0v) is 16.9. The monoisotopic (exact) mass is 400 g/mol. The fourth-order valence-electron chi connectivity index (χ4n) is 3.39. The summed E-state index contributed by atoms with van der Waals surface area (Å²) in [7, 11) is 0. The predicted molar refractivity (Wildman–Crippen MR) is 116 cm³/mol. The van der Waals surface area contributed by atoms with Gasteiger partial charge in [-0.05, 0) is 48.6 Å². The van der Waals surface area contributed by atoms with Gasteiger partial charge in [0.05, 0.1) is 5.92 Å². The molecule has 2 aromatic heterocycles. The van der Waals surface area contributed by atoms with Gasteiger partial charge in [0.1, 0.15) is 0 Å². The minimum Gasteiger partial charge on any atom is -0.309 e. The van der Waals surface area contributed by atoms with E-state index in [9.17, 15) is 9.59 Å².